The number of carbonyl (C=O) groups excluding carboxylic acids is 1. The number of carbonyl (C=O) groups is 1. The first-order valence-corrected chi connectivity index (χ1v) is 8.44. The highest BCUT2D eigenvalue weighted by Crippen LogP contribution is 2.41. The van der Waals surface area contributed by atoms with Gasteiger partial charge < -0.3 is 15.0 Å². The van der Waals surface area contributed by atoms with E-state index in [-0.39, 0.29) is 5.97 Å². The van der Waals surface area contributed by atoms with Gasteiger partial charge in [-0.15, -0.1) is 0 Å². The zero-order valence-corrected chi connectivity index (χ0v) is 13.9. The van der Waals surface area contributed by atoms with Crippen molar-refractivity contribution in [1.82, 2.24) is 15.1 Å². The summed E-state index contributed by atoms with van der Waals surface area (Å²) in [6.07, 6.45) is 3.32. The third kappa shape index (κ3) is 3.96. The fraction of sp³-hybridized carbons (Fsp3) is 0.938. The van der Waals surface area contributed by atoms with Crippen molar-refractivity contribution >= 4 is 5.97 Å². The largest absolute Gasteiger partial charge is 0.468 e. The maximum absolute atomic E-state index is 12.5. The summed E-state index contributed by atoms with van der Waals surface area (Å²) in [5.74, 6) is 0.372. The first-order valence-electron chi connectivity index (χ1n) is 8.44. The minimum absolute atomic E-state index is 0.0728. The van der Waals surface area contributed by atoms with Gasteiger partial charge in [0.1, 0.15) is 5.54 Å². The van der Waals surface area contributed by atoms with Crippen molar-refractivity contribution < 1.29 is 9.53 Å². The van der Waals surface area contributed by atoms with Gasteiger partial charge in [0.25, 0.3) is 0 Å². The third-order valence-electron chi connectivity index (χ3n) is 4.90. The van der Waals surface area contributed by atoms with E-state index in [9.17, 15) is 4.79 Å². The monoisotopic (exact) mass is 297 g/mol. The summed E-state index contributed by atoms with van der Waals surface area (Å²) < 4.78 is 5.16. The molecule has 0 bridgehead atoms. The molecule has 21 heavy (non-hydrogen) atoms. The molecule has 1 saturated heterocycles. The Bertz CT molecular complexity index is 338. The van der Waals surface area contributed by atoms with E-state index in [1.54, 1.807) is 0 Å². The first-order chi connectivity index (χ1) is 10.2. The molecule has 5 heteroatoms. The second kappa shape index (κ2) is 7.56. The number of likely N-dealkylation sites (N-methyl/N-ethyl adjacent to an activating group) is 1. The highest BCUT2D eigenvalue weighted by Gasteiger charge is 2.52. The predicted octanol–water partition coefficient (Wildman–Crippen LogP) is 0.945. The van der Waals surface area contributed by atoms with Crippen LogP contribution >= 0.6 is 0 Å². The molecule has 0 amide bonds. The Kier molecular flexibility index (Phi) is 6.02. The van der Waals surface area contributed by atoms with Gasteiger partial charge in [0.2, 0.25) is 0 Å². The summed E-state index contributed by atoms with van der Waals surface area (Å²) in [7, 11) is 1.52. The normalized spacial score (nSPS) is 23.8. The predicted molar refractivity (Wildman–Crippen MR) is 84.3 cm³/mol. The average molecular weight is 297 g/mol. The van der Waals surface area contributed by atoms with E-state index in [1.165, 1.54) is 7.11 Å². The second-order valence-electron chi connectivity index (χ2n) is 6.37. The SMILES string of the molecule is CCCNC(CN1CCN(CC)CC1)(C(=O)OC)C1CC1. The van der Waals surface area contributed by atoms with Gasteiger partial charge in [0, 0.05) is 32.7 Å². The van der Waals surface area contributed by atoms with E-state index in [4.69, 9.17) is 4.74 Å². The van der Waals surface area contributed by atoms with Gasteiger partial charge in [0.05, 0.1) is 7.11 Å². The fourth-order valence-electron chi connectivity index (χ4n) is 3.36. The molecule has 1 unspecified atom stereocenters. The Morgan fingerprint density at radius 1 is 1.19 bits per heavy atom. The molecular formula is C16H31N3O2. The van der Waals surface area contributed by atoms with E-state index in [1.807, 2.05) is 0 Å². The first kappa shape index (κ1) is 16.7. The van der Waals surface area contributed by atoms with Gasteiger partial charge in [-0.25, -0.2) is 4.79 Å². The lowest BCUT2D eigenvalue weighted by Crippen LogP contribution is -2.63. The summed E-state index contributed by atoms with van der Waals surface area (Å²) >= 11 is 0. The molecule has 0 radical (unpaired) electrons. The molecule has 1 aliphatic heterocycles. The molecule has 1 saturated carbocycles. The number of esters is 1. The van der Waals surface area contributed by atoms with Gasteiger partial charge >= 0.3 is 5.97 Å². The maximum Gasteiger partial charge on any atom is 0.327 e. The Morgan fingerprint density at radius 3 is 2.29 bits per heavy atom. The molecule has 1 atom stereocenters. The standard InChI is InChI=1S/C16H31N3O2/c1-4-8-17-16(14-6-7-14,15(20)21-3)13-19-11-9-18(5-2)10-12-19/h14,17H,4-13H2,1-3H3. The molecule has 5 nitrogen and oxygen atoms in total. The number of hydrogen-bond donors (Lipinski definition) is 1. The van der Waals surface area contributed by atoms with Crippen molar-refractivity contribution in [2.24, 2.45) is 5.92 Å². The van der Waals surface area contributed by atoms with Crippen molar-refractivity contribution in [2.45, 2.75) is 38.6 Å². The van der Waals surface area contributed by atoms with Crippen LogP contribution in [-0.2, 0) is 9.53 Å². The van der Waals surface area contributed by atoms with Crippen LogP contribution in [0.4, 0.5) is 0 Å². The van der Waals surface area contributed by atoms with Crippen LogP contribution in [0, 0.1) is 5.92 Å². The van der Waals surface area contributed by atoms with Crippen molar-refractivity contribution in [2.75, 3.05) is 52.9 Å². The number of nitrogens with one attached hydrogen (secondary N) is 1. The molecule has 2 rings (SSSR count). The zero-order valence-electron chi connectivity index (χ0n) is 13.9. The van der Waals surface area contributed by atoms with Gasteiger partial charge in [0.15, 0.2) is 0 Å². The van der Waals surface area contributed by atoms with Crippen molar-refractivity contribution in [1.29, 1.82) is 0 Å². The minimum atomic E-state index is -0.487. The summed E-state index contributed by atoms with van der Waals surface area (Å²) in [6, 6.07) is 0. The maximum atomic E-state index is 12.5. The Balaban J connectivity index is 2.02. The number of rotatable bonds is 8. The molecule has 0 aromatic heterocycles. The zero-order chi connectivity index (χ0) is 15.3. The summed E-state index contributed by atoms with van der Waals surface area (Å²) in [6.45, 7) is 11.4. The minimum Gasteiger partial charge on any atom is -0.468 e. The Labute approximate surface area is 129 Å². The van der Waals surface area contributed by atoms with Gasteiger partial charge in [-0.3, -0.25) is 4.90 Å². The number of piperazine rings is 1. The van der Waals surface area contributed by atoms with Crippen LogP contribution in [0.25, 0.3) is 0 Å². The highest BCUT2D eigenvalue weighted by molar-refractivity contribution is 5.82. The van der Waals surface area contributed by atoms with Crippen molar-refractivity contribution in [3.05, 3.63) is 0 Å². The molecule has 0 aromatic rings. The lowest BCUT2D eigenvalue weighted by molar-refractivity contribution is -0.151. The molecule has 0 aromatic carbocycles. The molecule has 2 fully saturated rings. The molecule has 2 aliphatic rings. The molecule has 0 spiro atoms. The molecular weight excluding hydrogens is 266 g/mol. The number of ether oxygens (including phenoxy) is 1. The number of hydrogen-bond acceptors (Lipinski definition) is 5. The van der Waals surface area contributed by atoms with Crippen molar-refractivity contribution in [3.8, 4) is 0 Å². The quantitative estimate of drug-likeness (QED) is 0.676. The van der Waals surface area contributed by atoms with Gasteiger partial charge in [-0.05, 0) is 38.3 Å². The van der Waals surface area contributed by atoms with E-state index < -0.39 is 5.54 Å². The van der Waals surface area contributed by atoms with Crippen LogP contribution in [0.5, 0.6) is 0 Å². The van der Waals surface area contributed by atoms with Crippen molar-refractivity contribution in [3.63, 3.8) is 0 Å². The van der Waals surface area contributed by atoms with Crippen LogP contribution in [0.15, 0.2) is 0 Å². The smallest absolute Gasteiger partial charge is 0.327 e. The molecule has 1 N–H and O–H groups in total. The molecule has 122 valence electrons. The second-order valence-corrected chi connectivity index (χ2v) is 6.37. The average Bonchev–Trinajstić information content (AvgIpc) is 3.36. The van der Waals surface area contributed by atoms with E-state index in [2.05, 4.69) is 29.0 Å². The summed E-state index contributed by atoms with van der Waals surface area (Å²) in [4.78, 5) is 17.4. The number of methoxy groups -OCH3 is 1. The van der Waals surface area contributed by atoms with Crippen LogP contribution in [0.3, 0.4) is 0 Å². The lowest BCUT2D eigenvalue weighted by Gasteiger charge is -2.41. The fourth-order valence-corrected chi connectivity index (χ4v) is 3.36. The molecule has 1 aliphatic carbocycles. The topological polar surface area (TPSA) is 44.8 Å². The lowest BCUT2D eigenvalue weighted by atomic mass is 9.91. The van der Waals surface area contributed by atoms with Gasteiger partial charge in [-0.2, -0.15) is 0 Å². The highest BCUT2D eigenvalue weighted by atomic mass is 16.5. The van der Waals surface area contributed by atoms with E-state index in [0.29, 0.717) is 5.92 Å². The Hall–Kier alpha value is -0.650. The van der Waals surface area contributed by atoms with Gasteiger partial charge in [-0.1, -0.05) is 13.8 Å². The van der Waals surface area contributed by atoms with Crippen LogP contribution < -0.4 is 5.32 Å². The van der Waals surface area contributed by atoms with Crippen LogP contribution in [0.2, 0.25) is 0 Å². The third-order valence-corrected chi connectivity index (χ3v) is 4.90. The molecule has 1 heterocycles. The Morgan fingerprint density at radius 2 is 1.81 bits per heavy atom. The van der Waals surface area contributed by atoms with Crippen LogP contribution in [-0.4, -0.2) is 74.2 Å². The van der Waals surface area contributed by atoms with Crippen LogP contribution in [0.1, 0.15) is 33.1 Å². The number of nitrogens with zero attached hydrogens (tertiary/aromatic N) is 2. The van der Waals surface area contributed by atoms with E-state index >= 15 is 0 Å². The summed E-state index contributed by atoms with van der Waals surface area (Å²) in [5.41, 5.74) is -0.487. The summed E-state index contributed by atoms with van der Waals surface area (Å²) in [5, 5.41) is 3.54. The van der Waals surface area contributed by atoms with E-state index in [0.717, 1.165) is 65.1 Å².